The van der Waals surface area contributed by atoms with Crippen LogP contribution in [0.15, 0.2) is 119 Å². The van der Waals surface area contributed by atoms with Crippen LogP contribution in [-0.2, 0) is 34.0 Å². The zero-order valence-electron chi connectivity index (χ0n) is 33.0. The second kappa shape index (κ2) is 24.7. The first-order valence-electron chi connectivity index (χ1n) is 18.1. The number of nitro groups is 1. The number of nitrogens with two attached hydrogens (primary N) is 1. The predicted octanol–water partition coefficient (Wildman–Crippen LogP) is 7.04. The summed E-state index contributed by atoms with van der Waals surface area (Å²) in [4.78, 5) is 54.9. The molecule has 298 valence electrons. The van der Waals surface area contributed by atoms with Crippen molar-refractivity contribution in [3.8, 4) is 0 Å². The van der Waals surface area contributed by atoms with Crippen LogP contribution in [-0.4, -0.2) is 52.0 Å². The highest BCUT2D eigenvalue weighted by Gasteiger charge is 2.24. The van der Waals surface area contributed by atoms with Crippen molar-refractivity contribution in [1.29, 1.82) is 0 Å². The highest BCUT2D eigenvalue weighted by molar-refractivity contribution is 6.02. The van der Waals surface area contributed by atoms with Crippen LogP contribution in [0, 0.1) is 17.0 Å². The number of methoxy groups -OCH3 is 1. The molecular formula is C42H53N7O7. The molecule has 14 nitrogen and oxygen atoms in total. The third kappa shape index (κ3) is 17.5. The molecule has 1 heterocycles. The highest BCUT2D eigenvalue weighted by Crippen LogP contribution is 2.22. The van der Waals surface area contributed by atoms with Crippen molar-refractivity contribution in [3.63, 3.8) is 0 Å². The van der Waals surface area contributed by atoms with Crippen LogP contribution in [0.3, 0.4) is 0 Å². The lowest BCUT2D eigenvalue weighted by molar-refractivity contribution is -0.468. The van der Waals surface area contributed by atoms with Gasteiger partial charge in [-0.3, -0.25) is 24.3 Å². The molecule has 1 aliphatic carbocycles. The average Bonchev–Trinajstić information content (AvgIpc) is 4.03. The van der Waals surface area contributed by atoms with Gasteiger partial charge >= 0.3 is 6.09 Å². The monoisotopic (exact) mass is 767 g/mol. The molecule has 1 aromatic heterocycles. The Kier molecular flexibility index (Phi) is 20.1. The Balaban J connectivity index is 0.000000496. The van der Waals surface area contributed by atoms with Crippen LogP contribution in [0.2, 0.25) is 0 Å². The van der Waals surface area contributed by atoms with Gasteiger partial charge < -0.3 is 25.8 Å². The van der Waals surface area contributed by atoms with E-state index < -0.39 is 11.0 Å². The first-order chi connectivity index (χ1) is 26.9. The molecule has 0 spiro atoms. The largest absolute Gasteiger partial charge is 0.501 e. The van der Waals surface area contributed by atoms with E-state index in [9.17, 15) is 24.5 Å². The normalized spacial score (nSPS) is 11.8. The second-order valence-electron chi connectivity index (χ2n) is 12.3. The third-order valence-corrected chi connectivity index (χ3v) is 7.66. The van der Waals surface area contributed by atoms with Crippen molar-refractivity contribution in [1.82, 2.24) is 14.9 Å². The number of ether oxygens (including phenoxy) is 2. The molecule has 2 amide bonds. The minimum atomic E-state index is -0.779. The van der Waals surface area contributed by atoms with Crippen molar-refractivity contribution in [3.05, 3.63) is 158 Å². The minimum Gasteiger partial charge on any atom is -0.501 e. The van der Waals surface area contributed by atoms with E-state index in [2.05, 4.69) is 51.0 Å². The van der Waals surface area contributed by atoms with E-state index in [0.717, 1.165) is 24.0 Å². The molecule has 4 aromatic rings. The van der Waals surface area contributed by atoms with Crippen LogP contribution < -0.4 is 21.9 Å². The topological polar surface area (TPSA) is 193 Å². The number of amidine groups is 1. The van der Waals surface area contributed by atoms with Crippen LogP contribution >= 0.6 is 0 Å². The van der Waals surface area contributed by atoms with Crippen molar-refractivity contribution < 1.29 is 24.0 Å². The van der Waals surface area contributed by atoms with Gasteiger partial charge in [-0.2, -0.15) is 4.99 Å². The van der Waals surface area contributed by atoms with E-state index in [1.165, 1.54) is 23.3 Å². The zero-order chi connectivity index (χ0) is 41.5. The fraction of sp³-hybridized carbons (Fsp3) is 0.310. The number of nitrogens with one attached hydrogen (secondary N) is 2. The molecule has 0 aliphatic heterocycles. The molecule has 3 aromatic carbocycles. The molecule has 0 bridgehead atoms. The SMILES string of the molecule is C=C(C)c1cnc(NC2CC2)c(=O)n1CC(=O)NCc1ccc(/C(N)=N\C(=O)OCc2ccccc2)cc1.CC.CO/C(C)=C/C[N+](=O)[O-].Cc1ccccc1. The molecule has 5 rings (SSSR count). The van der Waals surface area contributed by atoms with Gasteiger partial charge in [-0.25, -0.2) is 9.78 Å². The molecule has 1 aliphatic rings. The quantitative estimate of drug-likeness (QED) is 0.0418. The molecule has 4 N–H and O–H groups in total. The fourth-order valence-electron chi connectivity index (χ4n) is 4.43. The van der Waals surface area contributed by atoms with Gasteiger partial charge in [-0.1, -0.05) is 111 Å². The highest BCUT2D eigenvalue weighted by atomic mass is 16.6. The van der Waals surface area contributed by atoms with Crippen LogP contribution in [0.5, 0.6) is 0 Å². The Morgan fingerprint density at radius 1 is 1.02 bits per heavy atom. The summed E-state index contributed by atoms with van der Waals surface area (Å²) in [6.07, 6.45) is 4.19. The van der Waals surface area contributed by atoms with E-state index in [0.29, 0.717) is 22.6 Å². The fourth-order valence-corrected chi connectivity index (χ4v) is 4.43. The average molecular weight is 768 g/mol. The number of nitrogens with zero attached hydrogens (tertiary/aromatic N) is 4. The molecule has 1 saturated carbocycles. The van der Waals surface area contributed by atoms with Gasteiger partial charge in [0, 0.05) is 29.1 Å². The standard InChI is InChI=1S/C28H30N6O4.C7H8.C5H9NO3.C2H6/c1-18(2)23-15-31-26(32-22-12-13-22)27(36)34(23)16-24(35)30-14-19-8-10-21(11-9-19)25(29)33-28(37)38-17-20-6-4-3-5-7-20;1-7-5-3-2-4-6-7;1-5(9-2)3-4-6(7)8;1-2/h3-11,15,22H,1,12-14,16-17H2,2H3,(H,30,35)(H,31,32)(H2,29,33,37);2-6H,1H3;3H,4H2,1-2H3;1-2H3/b;;5-3+;. The van der Waals surface area contributed by atoms with Gasteiger partial charge in [-0.05, 0) is 50.3 Å². The molecular weight excluding hydrogens is 715 g/mol. The number of rotatable bonds is 13. The maximum absolute atomic E-state index is 12.9. The van der Waals surface area contributed by atoms with Crippen LogP contribution in [0.4, 0.5) is 10.6 Å². The number of amides is 2. The molecule has 0 atom stereocenters. The third-order valence-electron chi connectivity index (χ3n) is 7.66. The second-order valence-corrected chi connectivity index (χ2v) is 12.3. The van der Waals surface area contributed by atoms with Crippen molar-refractivity contribution in [2.24, 2.45) is 10.7 Å². The number of anilines is 1. The van der Waals surface area contributed by atoms with E-state index in [1.807, 2.05) is 62.4 Å². The molecule has 0 unspecified atom stereocenters. The van der Waals surface area contributed by atoms with Crippen molar-refractivity contribution in [2.75, 3.05) is 19.0 Å². The Morgan fingerprint density at radius 3 is 2.14 bits per heavy atom. The number of hydrogen-bond acceptors (Lipinski definition) is 9. The van der Waals surface area contributed by atoms with E-state index in [-0.39, 0.29) is 55.4 Å². The summed E-state index contributed by atoms with van der Waals surface area (Å²) in [5.74, 6) is 0.513. The molecule has 0 saturated heterocycles. The summed E-state index contributed by atoms with van der Waals surface area (Å²) < 4.78 is 11.2. The summed E-state index contributed by atoms with van der Waals surface area (Å²) in [5, 5.41) is 15.7. The lowest BCUT2D eigenvalue weighted by Crippen LogP contribution is -2.35. The first kappa shape index (κ1) is 45.6. The summed E-state index contributed by atoms with van der Waals surface area (Å²) in [7, 11) is 1.48. The van der Waals surface area contributed by atoms with E-state index >= 15 is 0 Å². The van der Waals surface area contributed by atoms with Gasteiger partial charge in [0.15, 0.2) is 5.82 Å². The van der Waals surface area contributed by atoms with Gasteiger partial charge in [0.25, 0.3) is 5.56 Å². The van der Waals surface area contributed by atoms with Crippen LogP contribution in [0.1, 0.15) is 68.5 Å². The Morgan fingerprint density at radius 2 is 1.62 bits per heavy atom. The maximum atomic E-state index is 12.9. The van der Waals surface area contributed by atoms with Gasteiger partial charge in [0.2, 0.25) is 12.5 Å². The number of carbonyl (C=O) groups is 2. The Labute approximate surface area is 328 Å². The Bertz CT molecular complexity index is 1970. The smallest absolute Gasteiger partial charge is 0.435 e. The number of hydrogen-bond donors (Lipinski definition) is 3. The number of carbonyl (C=O) groups excluding carboxylic acids is 2. The number of aryl methyl sites for hydroxylation is 1. The number of aromatic nitrogens is 2. The van der Waals surface area contributed by atoms with Gasteiger partial charge in [-0.15, -0.1) is 0 Å². The zero-order valence-corrected chi connectivity index (χ0v) is 33.0. The van der Waals surface area contributed by atoms with Crippen molar-refractivity contribution >= 4 is 29.2 Å². The van der Waals surface area contributed by atoms with Gasteiger partial charge in [0.05, 0.1) is 24.8 Å². The summed E-state index contributed by atoms with van der Waals surface area (Å²) in [6.45, 7) is 13.4. The van der Waals surface area contributed by atoms with Crippen LogP contribution in [0.25, 0.3) is 5.57 Å². The lowest BCUT2D eigenvalue weighted by atomic mass is 10.1. The van der Waals surface area contributed by atoms with E-state index in [1.54, 1.807) is 44.3 Å². The lowest BCUT2D eigenvalue weighted by Gasteiger charge is -2.14. The van der Waals surface area contributed by atoms with Gasteiger partial charge in [0.1, 0.15) is 19.0 Å². The Hall–Kier alpha value is -6.57. The molecule has 0 radical (unpaired) electrons. The minimum absolute atomic E-state index is 0.0265. The predicted molar refractivity (Wildman–Crippen MR) is 221 cm³/mol. The summed E-state index contributed by atoms with van der Waals surface area (Å²) in [5.41, 5.74) is 10.3. The number of aliphatic imine (C=N–C) groups is 1. The number of benzene rings is 3. The van der Waals surface area contributed by atoms with E-state index in [4.69, 9.17) is 10.5 Å². The molecule has 14 heteroatoms. The number of allylic oxidation sites excluding steroid dienone is 2. The maximum Gasteiger partial charge on any atom is 0.435 e. The first-order valence-corrected chi connectivity index (χ1v) is 18.1. The molecule has 1 fully saturated rings. The molecule has 56 heavy (non-hydrogen) atoms. The van der Waals surface area contributed by atoms with Crippen molar-refractivity contribution in [2.45, 2.75) is 73.2 Å². The summed E-state index contributed by atoms with van der Waals surface area (Å²) >= 11 is 0. The summed E-state index contributed by atoms with van der Waals surface area (Å²) in [6, 6.07) is 26.7.